The van der Waals surface area contributed by atoms with E-state index < -0.39 is 0 Å². The van der Waals surface area contributed by atoms with Gasteiger partial charge in [0.25, 0.3) is 19.4 Å². The van der Waals surface area contributed by atoms with Crippen molar-refractivity contribution in [2.24, 2.45) is 0 Å². The molecule has 0 fully saturated rings. The summed E-state index contributed by atoms with van der Waals surface area (Å²) in [7, 11) is 0. The molecular weight excluding hydrogens is 252 g/mol. The maximum Gasteiger partial charge on any atom is 0.290 e. The van der Waals surface area contributed by atoms with Crippen LogP contribution in [0.15, 0.2) is 17.7 Å². The van der Waals surface area contributed by atoms with Crippen LogP contribution in [0.5, 0.6) is 0 Å². The topological polar surface area (TPSA) is 112 Å². The van der Waals surface area contributed by atoms with E-state index in [9.17, 15) is 0 Å². The van der Waals surface area contributed by atoms with E-state index in [0.29, 0.717) is 0 Å². The Balaban J connectivity index is -0.0000000637. The van der Waals surface area contributed by atoms with Gasteiger partial charge >= 0.3 is 0 Å². The van der Waals surface area contributed by atoms with Crippen LogP contribution in [0.25, 0.3) is 0 Å². The molecule has 0 atom stereocenters. The number of rotatable bonds is 0. The Morgan fingerprint density at radius 3 is 1.50 bits per heavy atom. The molecule has 0 aliphatic heterocycles. The zero-order valence-corrected chi connectivity index (χ0v) is 10.2. The number of hydrogen-bond acceptors (Lipinski definition) is 3. The molecule has 0 aromatic heterocycles. The molecule has 7 heteroatoms. The fourth-order valence-corrected chi connectivity index (χ4v) is 0.515. The molecule has 0 bridgehead atoms. The normalized spacial score (nSPS) is 9.19. The van der Waals surface area contributed by atoms with Gasteiger partial charge in [-0.1, -0.05) is 6.92 Å². The minimum atomic E-state index is -0.250. The van der Waals surface area contributed by atoms with Crippen LogP contribution in [0.1, 0.15) is 13.3 Å². The van der Waals surface area contributed by atoms with Crippen LogP contribution in [-0.2, 0) is 36.1 Å². The molecule has 1 rings (SSSR count). The van der Waals surface area contributed by atoms with Crippen molar-refractivity contribution < 1.29 is 51.4 Å². The first kappa shape index (κ1) is 24.0. The fourth-order valence-electron chi connectivity index (χ4n) is 0.515. The molecule has 0 saturated carbocycles. The van der Waals surface area contributed by atoms with Gasteiger partial charge in [0, 0.05) is 21.7 Å². The maximum atomic E-state index is 8.36. The van der Waals surface area contributed by atoms with Crippen molar-refractivity contribution in [3.05, 3.63) is 23.8 Å². The van der Waals surface area contributed by atoms with E-state index in [4.69, 9.17) is 29.7 Å². The second kappa shape index (κ2) is 29.2. The zero-order chi connectivity index (χ0) is 12.5. The van der Waals surface area contributed by atoms with Crippen LogP contribution >= 0.6 is 0 Å². The van der Waals surface area contributed by atoms with Crippen molar-refractivity contribution in [2.75, 3.05) is 0 Å². The predicted molar refractivity (Wildman–Crippen MR) is 52.3 cm³/mol. The van der Waals surface area contributed by atoms with Gasteiger partial charge in [-0.15, -0.1) is 6.42 Å². The molecule has 6 nitrogen and oxygen atoms in total. The minimum Gasteiger partial charge on any atom is -0.483 e. The van der Waals surface area contributed by atoms with Gasteiger partial charge in [0.1, 0.15) is 0 Å². The van der Waals surface area contributed by atoms with Crippen molar-refractivity contribution in [3.8, 4) is 0 Å². The summed E-state index contributed by atoms with van der Waals surface area (Å²) in [6, 6.07) is 0. The van der Waals surface area contributed by atoms with Crippen molar-refractivity contribution in [2.45, 2.75) is 13.3 Å². The first-order valence-electron chi connectivity index (χ1n) is 3.62. The van der Waals surface area contributed by atoms with Crippen LogP contribution in [0.4, 0.5) is 0 Å². The largest absolute Gasteiger partial charge is 0.483 e. The van der Waals surface area contributed by atoms with Crippen LogP contribution in [0.3, 0.4) is 0 Å². The quantitative estimate of drug-likeness (QED) is 0.339. The van der Waals surface area contributed by atoms with Crippen LogP contribution in [0.2, 0.25) is 0 Å². The van der Waals surface area contributed by atoms with Gasteiger partial charge in [0.15, 0.2) is 0 Å². The first-order valence-corrected chi connectivity index (χ1v) is 3.62. The SMILES string of the molecule is CC1=[C-]CC=C1.O=CO.O=CO.O=CO.[Ti]. The van der Waals surface area contributed by atoms with Crippen molar-refractivity contribution in [1.82, 2.24) is 0 Å². The second-order valence-corrected chi connectivity index (χ2v) is 1.78. The molecule has 0 radical (unpaired) electrons. The Morgan fingerprint density at radius 1 is 1.12 bits per heavy atom. The van der Waals surface area contributed by atoms with Crippen LogP contribution < -0.4 is 0 Å². The van der Waals surface area contributed by atoms with Gasteiger partial charge in [-0.2, -0.15) is 6.08 Å². The van der Waals surface area contributed by atoms with E-state index in [-0.39, 0.29) is 41.1 Å². The third kappa shape index (κ3) is 54.0. The number of carboxylic acid groups (broad SMARTS) is 3. The third-order valence-electron chi connectivity index (χ3n) is 0.867. The zero-order valence-electron chi connectivity index (χ0n) is 8.66. The molecule has 0 unspecified atom stereocenters. The van der Waals surface area contributed by atoms with Crippen LogP contribution in [-0.4, -0.2) is 34.7 Å². The van der Waals surface area contributed by atoms with E-state index >= 15 is 0 Å². The molecule has 90 valence electrons. The number of allylic oxidation sites excluding steroid dienone is 4. The molecule has 0 aromatic carbocycles. The average molecular weight is 265 g/mol. The van der Waals surface area contributed by atoms with E-state index in [2.05, 4.69) is 25.2 Å². The summed E-state index contributed by atoms with van der Waals surface area (Å²) in [5, 5.41) is 20.7. The van der Waals surface area contributed by atoms with Crippen molar-refractivity contribution in [1.29, 1.82) is 0 Å². The Kier molecular flexibility index (Phi) is 43.9. The second-order valence-electron chi connectivity index (χ2n) is 1.78. The minimum absolute atomic E-state index is 0. The molecular formula is C9H13O6Ti-. The summed E-state index contributed by atoms with van der Waals surface area (Å²) in [6.07, 6.45) is 8.33. The summed E-state index contributed by atoms with van der Waals surface area (Å²) in [6.45, 7) is 1.31. The van der Waals surface area contributed by atoms with E-state index in [1.54, 1.807) is 0 Å². The average Bonchev–Trinajstić information content (AvgIpc) is 2.60. The predicted octanol–water partition coefficient (Wildman–Crippen LogP) is 0.796. The van der Waals surface area contributed by atoms with E-state index in [0.717, 1.165) is 6.42 Å². The van der Waals surface area contributed by atoms with E-state index in [1.807, 2.05) is 0 Å². The maximum absolute atomic E-state index is 8.36. The standard InChI is InChI=1S/C6H7.3CH2O2.Ti/c1-6-4-2-3-5-6;3*2-1-3;/h2,4H,3H2,1H3;3*1H,(H,2,3);/q-1;;;;. The molecule has 1 aliphatic rings. The smallest absolute Gasteiger partial charge is 0.290 e. The molecule has 16 heavy (non-hydrogen) atoms. The Hall–Kier alpha value is -1.40. The van der Waals surface area contributed by atoms with Crippen LogP contribution in [0, 0.1) is 6.08 Å². The van der Waals surface area contributed by atoms with Crippen molar-refractivity contribution >= 4 is 19.4 Å². The fraction of sp³-hybridized carbons (Fsp3) is 0.222. The van der Waals surface area contributed by atoms with Gasteiger partial charge in [-0.25, -0.2) is 11.6 Å². The number of hydrogen-bond donors (Lipinski definition) is 3. The van der Waals surface area contributed by atoms with Gasteiger partial charge in [0.05, 0.1) is 0 Å². The van der Waals surface area contributed by atoms with Gasteiger partial charge < -0.3 is 15.3 Å². The molecule has 0 amide bonds. The van der Waals surface area contributed by atoms with Gasteiger partial charge in [-0.3, -0.25) is 20.5 Å². The summed E-state index contributed by atoms with van der Waals surface area (Å²) in [4.78, 5) is 25.1. The molecule has 0 heterocycles. The monoisotopic (exact) mass is 265 g/mol. The Labute approximate surface area is 108 Å². The van der Waals surface area contributed by atoms with Gasteiger partial charge in [0.2, 0.25) is 0 Å². The summed E-state index contributed by atoms with van der Waals surface area (Å²) in [5.74, 6) is 0. The van der Waals surface area contributed by atoms with Gasteiger partial charge in [-0.05, 0) is 0 Å². The molecule has 0 spiro atoms. The summed E-state index contributed by atoms with van der Waals surface area (Å²) in [5.41, 5.74) is 1.27. The third-order valence-corrected chi connectivity index (χ3v) is 0.867. The summed E-state index contributed by atoms with van der Waals surface area (Å²) < 4.78 is 0. The Bertz CT molecular complexity index is 195. The van der Waals surface area contributed by atoms with E-state index in [1.165, 1.54) is 5.57 Å². The van der Waals surface area contributed by atoms with Crippen molar-refractivity contribution in [3.63, 3.8) is 0 Å². The number of carbonyl (C=O) groups is 3. The summed E-state index contributed by atoms with van der Waals surface area (Å²) >= 11 is 0. The first-order chi connectivity index (χ1) is 7.14. The molecule has 0 saturated heterocycles. The molecule has 0 aromatic rings. The molecule has 3 N–H and O–H groups in total. The Morgan fingerprint density at radius 2 is 1.44 bits per heavy atom. The molecule has 1 aliphatic carbocycles.